The van der Waals surface area contributed by atoms with Crippen molar-refractivity contribution in [3.05, 3.63) is 35.0 Å². The molecule has 1 aliphatic rings. The third-order valence-electron chi connectivity index (χ3n) is 3.50. The number of aryl methyl sites for hydroxylation is 1. The lowest BCUT2D eigenvalue weighted by molar-refractivity contribution is -0.137. The summed E-state index contributed by atoms with van der Waals surface area (Å²) in [6.45, 7) is 0. The van der Waals surface area contributed by atoms with Gasteiger partial charge in [-0.25, -0.2) is 0 Å². The van der Waals surface area contributed by atoms with Crippen LogP contribution >= 0.6 is 0 Å². The molecule has 2 aromatic rings. The van der Waals surface area contributed by atoms with Gasteiger partial charge in [0, 0.05) is 16.6 Å². The predicted molar refractivity (Wildman–Crippen MR) is 61.2 cm³/mol. The second-order valence-corrected chi connectivity index (χ2v) is 4.68. The fourth-order valence-corrected chi connectivity index (χ4v) is 2.62. The molecule has 0 radical (unpaired) electrons. The highest BCUT2D eigenvalue weighted by molar-refractivity contribution is 5.85. The maximum Gasteiger partial charge on any atom is 0.416 e. The number of fused-ring (bicyclic) bond motifs is 3. The highest BCUT2D eigenvalue weighted by Gasteiger charge is 2.31. The van der Waals surface area contributed by atoms with Crippen LogP contribution in [0.5, 0.6) is 0 Å². The van der Waals surface area contributed by atoms with Crippen LogP contribution in [0.1, 0.15) is 35.8 Å². The summed E-state index contributed by atoms with van der Waals surface area (Å²) in [4.78, 5) is 3.03. The maximum atomic E-state index is 12.7. The molecule has 96 valence electrons. The zero-order chi connectivity index (χ0) is 12.9. The molecule has 0 saturated carbocycles. The minimum Gasteiger partial charge on any atom is -0.387 e. The summed E-state index contributed by atoms with van der Waals surface area (Å²) in [6, 6.07) is 3.67. The Kier molecular flexibility index (Phi) is 2.41. The quantitative estimate of drug-likeness (QED) is 0.742. The van der Waals surface area contributed by atoms with E-state index in [0.29, 0.717) is 29.4 Å². The average Bonchev–Trinajstić information content (AvgIpc) is 2.67. The Hall–Kier alpha value is -1.49. The first-order valence-corrected chi connectivity index (χ1v) is 5.86. The van der Waals surface area contributed by atoms with E-state index in [1.165, 1.54) is 12.1 Å². The summed E-state index contributed by atoms with van der Waals surface area (Å²) in [6.07, 6.45) is -2.74. The third-order valence-corrected chi connectivity index (χ3v) is 3.50. The van der Waals surface area contributed by atoms with Crippen molar-refractivity contribution >= 4 is 10.9 Å². The van der Waals surface area contributed by atoms with Crippen molar-refractivity contribution in [3.8, 4) is 0 Å². The van der Waals surface area contributed by atoms with Crippen LogP contribution in [0.15, 0.2) is 18.2 Å². The average molecular weight is 255 g/mol. The van der Waals surface area contributed by atoms with Crippen molar-refractivity contribution in [3.63, 3.8) is 0 Å². The molecule has 0 spiro atoms. The number of hydrogen-bond donors (Lipinski definition) is 2. The van der Waals surface area contributed by atoms with E-state index in [9.17, 15) is 18.3 Å². The normalized spacial score (nSPS) is 20.1. The van der Waals surface area contributed by atoms with E-state index in [-0.39, 0.29) is 0 Å². The van der Waals surface area contributed by atoms with E-state index in [4.69, 9.17) is 0 Å². The number of H-pyrrole nitrogens is 1. The number of aromatic amines is 1. The second-order valence-electron chi connectivity index (χ2n) is 4.68. The van der Waals surface area contributed by atoms with Crippen molar-refractivity contribution < 1.29 is 18.3 Å². The number of hydrogen-bond acceptors (Lipinski definition) is 1. The van der Waals surface area contributed by atoms with E-state index < -0.39 is 17.8 Å². The van der Waals surface area contributed by atoms with Gasteiger partial charge in [0.15, 0.2) is 0 Å². The topological polar surface area (TPSA) is 36.0 Å². The van der Waals surface area contributed by atoms with Crippen molar-refractivity contribution in [1.29, 1.82) is 0 Å². The Morgan fingerprint density at radius 2 is 2.06 bits per heavy atom. The van der Waals surface area contributed by atoms with Gasteiger partial charge in [-0.15, -0.1) is 0 Å². The van der Waals surface area contributed by atoms with Gasteiger partial charge in [-0.3, -0.25) is 0 Å². The molecule has 2 N–H and O–H groups in total. The van der Waals surface area contributed by atoms with E-state index in [1.807, 2.05) is 0 Å². The smallest absolute Gasteiger partial charge is 0.387 e. The Balaban J connectivity index is 2.22. The number of nitrogens with one attached hydrogen (secondary N) is 1. The monoisotopic (exact) mass is 255 g/mol. The van der Waals surface area contributed by atoms with Crippen LogP contribution in [0.2, 0.25) is 0 Å². The molecule has 1 aliphatic carbocycles. The molecule has 1 aromatic carbocycles. The molecule has 0 aliphatic heterocycles. The van der Waals surface area contributed by atoms with Crippen molar-refractivity contribution in [2.45, 2.75) is 31.5 Å². The molecule has 2 nitrogen and oxygen atoms in total. The molecule has 0 amide bonds. The molecular weight excluding hydrogens is 243 g/mol. The zero-order valence-electron chi connectivity index (χ0n) is 9.51. The number of benzene rings is 1. The lowest BCUT2D eigenvalue weighted by Crippen LogP contribution is -2.08. The van der Waals surface area contributed by atoms with Gasteiger partial charge in [0.05, 0.1) is 11.7 Å². The van der Waals surface area contributed by atoms with Crippen LogP contribution in [0, 0.1) is 0 Å². The van der Waals surface area contributed by atoms with Crippen LogP contribution in [0.3, 0.4) is 0 Å². The van der Waals surface area contributed by atoms with Crippen LogP contribution < -0.4 is 0 Å². The Morgan fingerprint density at radius 1 is 1.28 bits per heavy atom. The van der Waals surface area contributed by atoms with Crippen LogP contribution in [0.4, 0.5) is 13.2 Å². The largest absolute Gasteiger partial charge is 0.416 e. The first-order chi connectivity index (χ1) is 8.47. The fourth-order valence-electron chi connectivity index (χ4n) is 2.62. The lowest BCUT2D eigenvalue weighted by atomic mass is 9.93. The van der Waals surface area contributed by atoms with Gasteiger partial charge in [-0.05, 0) is 43.0 Å². The third kappa shape index (κ3) is 1.70. The van der Waals surface area contributed by atoms with Gasteiger partial charge < -0.3 is 10.1 Å². The van der Waals surface area contributed by atoms with Crippen molar-refractivity contribution in [2.24, 2.45) is 0 Å². The molecular formula is C13H12F3NO. The van der Waals surface area contributed by atoms with Crippen LogP contribution in [-0.2, 0) is 12.6 Å². The van der Waals surface area contributed by atoms with E-state index in [1.54, 1.807) is 0 Å². The van der Waals surface area contributed by atoms with Gasteiger partial charge in [0.1, 0.15) is 0 Å². The zero-order valence-corrected chi connectivity index (χ0v) is 9.51. The number of aliphatic hydroxyl groups is 1. The van der Waals surface area contributed by atoms with Gasteiger partial charge in [0.2, 0.25) is 0 Å². The summed E-state index contributed by atoms with van der Waals surface area (Å²) in [5.74, 6) is 0. The molecule has 1 aromatic heterocycles. The van der Waals surface area contributed by atoms with Crippen LogP contribution in [-0.4, -0.2) is 10.1 Å². The minimum atomic E-state index is -4.33. The van der Waals surface area contributed by atoms with Gasteiger partial charge in [0.25, 0.3) is 0 Å². The Labute approximate surface area is 101 Å². The Morgan fingerprint density at radius 3 is 2.78 bits per heavy atom. The molecule has 3 rings (SSSR count). The SMILES string of the molecule is OC1CCCc2c1[nH]c1ccc(C(F)(F)F)cc21. The molecule has 5 heteroatoms. The summed E-state index contributed by atoms with van der Waals surface area (Å²) in [5.41, 5.74) is 1.52. The summed E-state index contributed by atoms with van der Waals surface area (Å²) < 4.78 is 38.0. The first-order valence-electron chi connectivity index (χ1n) is 5.86. The van der Waals surface area contributed by atoms with Crippen molar-refractivity contribution in [1.82, 2.24) is 4.98 Å². The molecule has 18 heavy (non-hydrogen) atoms. The number of aliphatic hydroxyl groups excluding tert-OH is 1. The van der Waals surface area contributed by atoms with Gasteiger partial charge >= 0.3 is 6.18 Å². The van der Waals surface area contributed by atoms with Crippen molar-refractivity contribution in [2.75, 3.05) is 0 Å². The minimum absolute atomic E-state index is 0.582. The molecule has 1 heterocycles. The summed E-state index contributed by atoms with van der Waals surface area (Å²) >= 11 is 0. The molecule has 1 atom stereocenters. The highest BCUT2D eigenvalue weighted by atomic mass is 19.4. The first kappa shape index (κ1) is 11.6. The highest BCUT2D eigenvalue weighted by Crippen LogP contribution is 2.37. The van der Waals surface area contributed by atoms with E-state index >= 15 is 0 Å². The summed E-state index contributed by atoms with van der Waals surface area (Å²) in [7, 11) is 0. The molecule has 0 saturated heterocycles. The standard InChI is InChI=1S/C13H12F3NO/c14-13(15,16)7-4-5-10-9(6-7)8-2-1-3-11(18)12(8)17-10/h4-6,11,17-18H,1-3H2. The molecule has 1 unspecified atom stereocenters. The van der Waals surface area contributed by atoms with Gasteiger partial charge in [-0.1, -0.05) is 0 Å². The number of halogens is 3. The number of rotatable bonds is 0. The fraction of sp³-hybridized carbons (Fsp3) is 0.385. The lowest BCUT2D eigenvalue weighted by Gasteiger charge is -2.17. The maximum absolute atomic E-state index is 12.7. The number of alkyl halides is 3. The van der Waals surface area contributed by atoms with Crippen LogP contribution in [0.25, 0.3) is 10.9 Å². The predicted octanol–water partition coefficient (Wildman–Crippen LogP) is 3.56. The Bertz CT molecular complexity index is 600. The van der Waals surface area contributed by atoms with E-state index in [2.05, 4.69) is 4.98 Å². The second kappa shape index (κ2) is 3.75. The molecule has 0 fully saturated rings. The summed E-state index contributed by atoms with van der Waals surface area (Å²) in [5, 5.41) is 10.4. The van der Waals surface area contributed by atoms with E-state index in [0.717, 1.165) is 18.1 Å². The molecule has 0 bridgehead atoms. The van der Waals surface area contributed by atoms with Gasteiger partial charge in [-0.2, -0.15) is 13.2 Å². The number of aromatic nitrogens is 1.